The van der Waals surface area contributed by atoms with Crippen LogP contribution in [0.1, 0.15) is 25.8 Å². The van der Waals surface area contributed by atoms with Gasteiger partial charge in [0.25, 0.3) is 0 Å². The highest BCUT2D eigenvalue weighted by molar-refractivity contribution is 5.84. The molecule has 0 unspecified atom stereocenters. The van der Waals surface area contributed by atoms with Gasteiger partial charge in [0.15, 0.2) is 0 Å². The Balaban J connectivity index is 1.86. The Bertz CT molecular complexity index is 693. The van der Waals surface area contributed by atoms with E-state index in [1.54, 1.807) is 0 Å². The first-order valence-electron chi connectivity index (χ1n) is 7.69. The van der Waals surface area contributed by atoms with Crippen LogP contribution >= 0.6 is 0 Å². The van der Waals surface area contributed by atoms with Gasteiger partial charge in [0.1, 0.15) is 11.5 Å². The van der Waals surface area contributed by atoms with Gasteiger partial charge in [-0.2, -0.15) is 0 Å². The van der Waals surface area contributed by atoms with Crippen LogP contribution in [0.5, 0.6) is 11.5 Å². The first-order valence-corrected chi connectivity index (χ1v) is 7.69. The molecule has 0 spiro atoms. The number of carbonyl (C=O) groups excluding carboxylic acids is 1. The molecule has 0 fully saturated rings. The number of rotatable bonds is 7. The lowest BCUT2D eigenvalue weighted by molar-refractivity contribution is -0.149. The summed E-state index contributed by atoms with van der Waals surface area (Å²) >= 11 is 0. The summed E-state index contributed by atoms with van der Waals surface area (Å²) in [7, 11) is 0. The monoisotopic (exact) mass is 327 g/mol. The number of hydrogen-bond donors (Lipinski definition) is 2. The van der Waals surface area contributed by atoms with E-state index in [1.807, 2.05) is 54.6 Å². The number of benzene rings is 2. The average molecular weight is 327 g/mol. The van der Waals surface area contributed by atoms with Crippen molar-refractivity contribution in [2.75, 3.05) is 0 Å². The minimum Gasteiger partial charge on any atom is -0.481 e. The molecular formula is C19H21NO4. The second kappa shape index (κ2) is 7.64. The maximum Gasteiger partial charge on any atom is 0.309 e. The molecule has 0 saturated carbocycles. The second-order valence-corrected chi connectivity index (χ2v) is 6.20. The molecule has 0 aromatic heterocycles. The summed E-state index contributed by atoms with van der Waals surface area (Å²) in [5, 5.41) is 11.8. The number of carbonyl (C=O) groups is 2. The number of para-hydroxylation sites is 1. The van der Waals surface area contributed by atoms with E-state index in [0.29, 0.717) is 12.3 Å². The molecule has 2 N–H and O–H groups in total. The maximum absolute atomic E-state index is 11.8. The van der Waals surface area contributed by atoms with Gasteiger partial charge in [-0.15, -0.1) is 0 Å². The van der Waals surface area contributed by atoms with Gasteiger partial charge in [0.05, 0.1) is 5.41 Å². The smallest absolute Gasteiger partial charge is 0.309 e. The van der Waals surface area contributed by atoms with Gasteiger partial charge in [-0.1, -0.05) is 30.3 Å². The zero-order valence-electron chi connectivity index (χ0n) is 13.8. The van der Waals surface area contributed by atoms with Crippen LogP contribution in [0.15, 0.2) is 54.6 Å². The van der Waals surface area contributed by atoms with Crippen molar-refractivity contribution in [2.24, 2.45) is 5.41 Å². The van der Waals surface area contributed by atoms with E-state index in [2.05, 4.69) is 5.32 Å². The Morgan fingerprint density at radius 1 is 1.00 bits per heavy atom. The third-order valence-electron chi connectivity index (χ3n) is 3.57. The molecule has 2 aromatic carbocycles. The molecule has 0 aliphatic heterocycles. The van der Waals surface area contributed by atoms with Crippen molar-refractivity contribution in [1.82, 2.24) is 5.32 Å². The number of carboxylic acid groups (broad SMARTS) is 1. The van der Waals surface area contributed by atoms with Crippen LogP contribution < -0.4 is 10.1 Å². The van der Waals surface area contributed by atoms with Crippen LogP contribution in [0.25, 0.3) is 0 Å². The molecule has 0 atom stereocenters. The van der Waals surface area contributed by atoms with Crippen molar-refractivity contribution in [3.63, 3.8) is 0 Å². The summed E-state index contributed by atoms with van der Waals surface area (Å²) in [6.45, 7) is 3.41. The maximum atomic E-state index is 11.8. The third-order valence-corrected chi connectivity index (χ3v) is 3.57. The average Bonchev–Trinajstić information content (AvgIpc) is 2.54. The molecule has 24 heavy (non-hydrogen) atoms. The van der Waals surface area contributed by atoms with Gasteiger partial charge in [-0.3, -0.25) is 9.59 Å². The fraction of sp³-hybridized carbons (Fsp3) is 0.263. The lowest BCUT2D eigenvalue weighted by Crippen LogP contribution is -2.33. The van der Waals surface area contributed by atoms with E-state index >= 15 is 0 Å². The Kier molecular flexibility index (Phi) is 5.58. The SMILES string of the molecule is CC(C)(CC(=O)NCc1ccc(Oc2ccccc2)cc1)C(=O)O. The predicted octanol–water partition coefficient (Wildman–Crippen LogP) is 3.60. The fourth-order valence-electron chi connectivity index (χ4n) is 2.04. The van der Waals surface area contributed by atoms with E-state index in [-0.39, 0.29) is 12.3 Å². The summed E-state index contributed by atoms with van der Waals surface area (Å²) in [5.74, 6) is 0.199. The Hall–Kier alpha value is -2.82. The minimum atomic E-state index is -1.07. The highest BCUT2D eigenvalue weighted by Crippen LogP contribution is 2.22. The van der Waals surface area contributed by atoms with Gasteiger partial charge >= 0.3 is 5.97 Å². The van der Waals surface area contributed by atoms with Crippen molar-refractivity contribution >= 4 is 11.9 Å². The highest BCUT2D eigenvalue weighted by atomic mass is 16.5. The molecular weight excluding hydrogens is 306 g/mol. The van der Waals surface area contributed by atoms with Crippen LogP contribution in [0.4, 0.5) is 0 Å². The van der Waals surface area contributed by atoms with Gasteiger partial charge in [-0.25, -0.2) is 0 Å². The van der Waals surface area contributed by atoms with Gasteiger partial charge in [0.2, 0.25) is 5.91 Å². The Morgan fingerprint density at radius 2 is 1.58 bits per heavy atom. The van der Waals surface area contributed by atoms with Crippen LogP contribution in [0.3, 0.4) is 0 Å². The number of nitrogens with one attached hydrogen (secondary N) is 1. The highest BCUT2D eigenvalue weighted by Gasteiger charge is 2.29. The molecule has 0 radical (unpaired) electrons. The summed E-state index contributed by atoms with van der Waals surface area (Å²) in [4.78, 5) is 22.9. The first-order chi connectivity index (χ1) is 11.4. The predicted molar refractivity (Wildman–Crippen MR) is 90.8 cm³/mol. The van der Waals surface area contributed by atoms with Crippen molar-refractivity contribution in [3.05, 3.63) is 60.2 Å². The van der Waals surface area contributed by atoms with Crippen molar-refractivity contribution in [1.29, 1.82) is 0 Å². The van der Waals surface area contributed by atoms with E-state index < -0.39 is 11.4 Å². The van der Waals surface area contributed by atoms with Crippen molar-refractivity contribution in [3.8, 4) is 11.5 Å². The molecule has 126 valence electrons. The zero-order valence-corrected chi connectivity index (χ0v) is 13.8. The summed E-state index contributed by atoms with van der Waals surface area (Å²) in [6, 6.07) is 16.9. The number of carboxylic acids is 1. The van der Waals surface area contributed by atoms with Crippen molar-refractivity contribution < 1.29 is 19.4 Å². The number of aliphatic carboxylic acids is 1. The molecule has 1 amide bonds. The van der Waals surface area contributed by atoms with E-state index in [0.717, 1.165) is 11.3 Å². The lowest BCUT2D eigenvalue weighted by atomic mass is 9.89. The standard InChI is InChI=1S/C19H21NO4/c1-19(2,18(22)23)12-17(21)20-13-14-8-10-16(11-9-14)24-15-6-4-3-5-7-15/h3-11H,12-13H2,1-2H3,(H,20,21)(H,22,23). The van der Waals surface area contributed by atoms with Gasteiger partial charge in [-0.05, 0) is 43.7 Å². The number of ether oxygens (including phenoxy) is 1. The molecule has 0 bridgehead atoms. The van der Waals surface area contributed by atoms with Gasteiger partial charge in [0, 0.05) is 13.0 Å². The molecule has 2 rings (SSSR count). The normalized spacial score (nSPS) is 10.9. The molecule has 0 saturated heterocycles. The van der Waals surface area contributed by atoms with Crippen LogP contribution in [0.2, 0.25) is 0 Å². The Morgan fingerprint density at radius 3 is 2.17 bits per heavy atom. The number of amides is 1. The third kappa shape index (κ3) is 5.12. The molecule has 0 aliphatic rings. The van der Waals surface area contributed by atoms with Crippen LogP contribution in [-0.2, 0) is 16.1 Å². The molecule has 2 aromatic rings. The second-order valence-electron chi connectivity index (χ2n) is 6.20. The molecule has 0 aliphatic carbocycles. The molecule has 5 heteroatoms. The largest absolute Gasteiger partial charge is 0.481 e. The summed E-state index contributed by atoms with van der Waals surface area (Å²) in [5.41, 5.74) is -0.158. The first kappa shape index (κ1) is 17.5. The van der Waals surface area contributed by atoms with Gasteiger partial charge < -0.3 is 15.2 Å². The quantitative estimate of drug-likeness (QED) is 0.815. The van der Waals surface area contributed by atoms with Crippen LogP contribution in [-0.4, -0.2) is 17.0 Å². The van der Waals surface area contributed by atoms with E-state index in [4.69, 9.17) is 9.84 Å². The number of hydrogen-bond acceptors (Lipinski definition) is 3. The van der Waals surface area contributed by atoms with Crippen LogP contribution in [0, 0.1) is 5.41 Å². The summed E-state index contributed by atoms with van der Waals surface area (Å²) in [6.07, 6.45) is -0.0580. The van der Waals surface area contributed by atoms with E-state index in [1.165, 1.54) is 13.8 Å². The fourth-order valence-corrected chi connectivity index (χ4v) is 2.04. The zero-order chi connectivity index (χ0) is 17.6. The summed E-state index contributed by atoms with van der Waals surface area (Å²) < 4.78 is 5.70. The topological polar surface area (TPSA) is 75.6 Å². The Labute approximate surface area is 141 Å². The van der Waals surface area contributed by atoms with Crippen molar-refractivity contribution in [2.45, 2.75) is 26.8 Å². The minimum absolute atomic E-state index is 0.0580. The lowest BCUT2D eigenvalue weighted by Gasteiger charge is -2.18. The van der Waals surface area contributed by atoms with E-state index in [9.17, 15) is 9.59 Å². The molecule has 5 nitrogen and oxygen atoms in total. The molecule has 0 heterocycles.